The van der Waals surface area contributed by atoms with Crippen molar-refractivity contribution >= 4 is 13.9 Å². The van der Waals surface area contributed by atoms with Gasteiger partial charge in [0, 0.05) is 0 Å². The van der Waals surface area contributed by atoms with Crippen LogP contribution in [0.25, 0.3) is 6.08 Å². The lowest BCUT2D eigenvalue weighted by Gasteiger charge is -1.95. The lowest BCUT2D eigenvalue weighted by molar-refractivity contribution is 1.40. The van der Waals surface area contributed by atoms with Crippen molar-refractivity contribution in [3.8, 4) is 0 Å². The Labute approximate surface area is 63.0 Å². The monoisotopic (exact) mass is 130 g/mol. The van der Waals surface area contributed by atoms with E-state index in [2.05, 4.69) is 38.7 Å². The fraction of sp³-hybridized carbons (Fsp3) is 0.111. The van der Waals surface area contributed by atoms with Gasteiger partial charge in [0.15, 0.2) is 0 Å². The van der Waals surface area contributed by atoms with Gasteiger partial charge in [0.2, 0.25) is 0 Å². The molecule has 0 bridgehead atoms. The highest BCUT2D eigenvalue weighted by molar-refractivity contribution is 6.08. The van der Waals surface area contributed by atoms with Gasteiger partial charge in [-0.2, -0.15) is 0 Å². The van der Waals surface area contributed by atoms with Crippen LogP contribution in [0.2, 0.25) is 0 Å². The van der Waals surface area contributed by atoms with Crippen molar-refractivity contribution in [2.75, 3.05) is 0 Å². The largest absolute Gasteiger partial charge is 0.107 e. The molecule has 0 aliphatic carbocycles. The van der Waals surface area contributed by atoms with Gasteiger partial charge in [0.25, 0.3) is 0 Å². The first-order valence-corrected chi connectivity index (χ1v) is 3.58. The van der Waals surface area contributed by atoms with E-state index in [1.165, 1.54) is 11.1 Å². The van der Waals surface area contributed by atoms with E-state index < -0.39 is 0 Å². The first kappa shape index (κ1) is 7.14. The first-order valence-electron chi connectivity index (χ1n) is 3.58. The molecule has 0 aliphatic heterocycles. The fourth-order valence-electron chi connectivity index (χ4n) is 0.889. The van der Waals surface area contributed by atoms with E-state index in [1.54, 1.807) is 0 Å². The maximum Gasteiger partial charge on any atom is 0.107 e. The Morgan fingerprint density at radius 3 is 2.30 bits per heavy atom. The predicted molar refractivity (Wildman–Crippen MR) is 48.8 cm³/mol. The minimum absolute atomic E-state index is 1.11. The molecule has 0 spiro atoms. The van der Waals surface area contributed by atoms with Crippen LogP contribution in [0.1, 0.15) is 11.1 Å². The Morgan fingerprint density at radius 2 is 1.90 bits per heavy atom. The highest BCUT2D eigenvalue weighted by Gasteiger charge is 1.86. The molecule has 10 heavy (non-hydrogen) atoms. The molecular formula is C9H11B. The van der Waals surface area contributed by atoms with Crippen LogP contribution < -0.4 is 0 Å². The van der Waals surface area contributed by atoms with Crippen LogP contribution in [-0.2, 0) is 6.32 Å². The highest BCUT2D eigenvalue weighted by Crippen LogP contribution is 2.04. The van der Waals surface area contributed by atoms with E-state index in [9.17, 15) is 0 Å². The first-order chi connectivity index (χ1) is 4.86. The summed E-state index contributed by atoms with van der Waals surface area (Å²) in [4.78, 5) is 0. The van der Waals surface area contributed by atoms with Gasteiger partial charge in [-0.1, -0.05) is 48.8 Å². The zero-order chi connectivity index (χ0) is 7.40. The SMILES string of the molecule is BCc1ccc(C=C)cc1. The minimum atomic E-state index is 1.11. The minimum Gasteiger partial charge on any atom is -0.0985 e. The molecule has 0 heterocycles. The van der Waals surface area contributed by atoms with Crippen LogP contribution in [0, 0.1) is 0 Å². The summed E-state index contributed by atoms with van der Waals surface area (Å²) in [7, 11) is 2.16. The molecule has 1 aromatic rings. The number of benzene rings is 1. The predicted octanol–water partition coefficient (Wildman–Crippen LogP) is 1.46. The lowest BCUT2D eigenvalue weighted by atomic mass is 9.96. The van der Waals surface area contributed by atoms with E-state index in [-0.39, 0.29) is 0 Å². The molecule has 0 fully saturated rings. The van der Waals surface area contributed by atoms with Gasteiger partial charge in [-0.15, -0.1) is 0 Å². The van der Waals surface area contributed by atoms with Gasteiger partial charge in [-0.05, 0) is 5.56 Å². The summed E-state index contributed by atoms with van der Waals surface area (Å²) >= 11 is 0. The van der Waals surface area contributed by atoms with Crippen molar-refractivity contribution in [2.45, 2.75) is 6.32 Å². The molecule has 1 rings (SSSR count). The zero-order valence-electron chi connectivity index (χ0n) is 6.30. The maximum absolute atomic E-state index is 3.69. The molecule has 1 aromatic carbocycles. The molecule has 0 amide bonds. The number of hydrogen-bond acceptors (Lipinski definition) is 0. The van der Waals surface area contributed by atoms with Crippen molar-refractivity contribution < 1.29 is 0 Å². The summed E-state index contributed by atoms with van der Waals surface area (Å²) in [5, 5.41) is 0. The normalized spacial score (nSPS) is 9.20. The van der Waals surface area contributed by atoms with Crippen LogP contribution in [0.5, 0.6) is 0 Å². The van der Waals surface area contributed by atoms with Crippen LogP contribution in [0.4, 0.5) is 0 Å². The van der Waals surface area contributed by atoms with Gasteiger partial charge in [-0.3, -0.25) is 0 Å². The smallest absolute Gasteiger partial charge is 0.0985 e. The molecule has 50 valence electrons. The van der Waals surface area contributed by atoms with Crippen LogP contribution in [0.15, 0.2) is 30.8 Å². The third-order valence-corrected chi connectivity index (χ3v) is 1.62. The Morgan fingerprint density at radius 1 is 1.30 bits per heavy atom. The standard InChI is InChI=1S/C9H11B/c1-2-8-3-5-9(7-10)6-4-8/h2-6H,1,7,10H2. The third-order valence-electron chi connectivity index (χ3n) is 1.62. The van der Waals surface area contributed by atoms with E-state index in [0.29, 0.717) is 0 Å². The highest BCUT2D eigenvalue weighted by atomic mass is 13.9. The van der Waals surface area contributed by atoms with Gasteiger partial charge >= 0.3 is 0 Å². The van der Waals surface area contributed by atoms with E-state index in [4.69, 9.17) is 0 Å². The Bertz CT molecular complexity index is 211. The van der Waals surface area contributed by atoms with Gasteiger partial charge in [0.1, 0.15) is 7.85 Å². The average molecular weight is 130 g/mol. The third kappa shape index (κ3) is 1.50. The molecule has 0 aliphatic rings. The second-order valence-corrected chi connectivity index (χ2v) is 2.30. The average Bonchev–Trinajstić information content (AvgIpc) is 2.05. The van der Waals surface area contributed by atoms with Gasteiger partial charge in [-0.25, -0.2) is 0 Å². The molecule has 0 radical (unpaired) electrons. The van der Waals surface area contributed by atoms with Crippen LogP contribution in [0.3, 0.4) is 0 Å². The van der Waals surface area contributed by atoms with E-state index in [1.807, 2.05) is 6.08 Å². The summed E-state index contributed by atoms with van der Waals surface area (Å²) in [6.45, 7) is 3.69. The molecule has 0 saturated carbocycles. The summed E-state index contributed by atoms with van der Waals surface area (Å²) in [6, 6.07) is 8.45. The van der Waals surface area contributed by atoms with Crippen molar-refractivity contribution in [1.82, 2.24) is 0 Å². The second kappa shape index (κ2) is 3.26. The molecule has 0 unspecified atom stereocenters. The van der Waals surface area contributed by atoms with E-state index in [0.717, 1.165) is 6.32 Å². The van der Waals surface area contributed by atoms with Crippen LogP contribution >= 0.6 is 0 Å². The topological polar surface area (TPSA) is 0 Å². The summed E-state index contributed by atoms with van der Waals surface area (Å²) in [5.74, 6) is 0. The zero-order valence-corrected chi connectivity index (χ0v) is 6.30. The Balaban J connectivity index is 2.90. The number of rotatable bonds is 2. The maximum atomic E-state index is 3.69. The molecular weight excluding hydrogens is 119 g/mol. The Kier molecular flexibility index (Phi) is 2.32. The van der Waals surface area contributed by atoms with Gasteiger partial charge in [0.05, 0.1) is 0 Å². The second-order valence-electron chi connectivity index (χ2n) is 2.30. The summed E-state index contributed by atoms with van der Waals surface area (Å²) < 4.78 is 0. The molecule has 0 atom stereocenters. The van der Waals surface area contributed by atoms with Crippen molar-refractivity contribution in [3.63, 3.8) is 0 Å². The molecule has 1 heteroatoms. The Hall–Kier alpha value is -0.975. The quantitative estimate of drug-likeness (QED) is 0.531. The van der Waals surface area contributed by atoms with Crippen molar-refractivity contribution in [3.05, 3.63) is 42.0 Å². The lowest BCUT2D eigenvalue weighted by Crippen LogP contribution is -1.81. The molecule has 0 N–H and O–H groups in total. The molecule has 0 saturated heterocycles. The summed E-state index contributed by atoms with van der Waals surface area (Å²) in [5.41, 5.74) is 2.57. The number of hydrogen-bond donors (Lipinski definition) is 0. The van der Waals surface area contributed by atoms with Crippen molar-refractivity contribution in [1.29, 1.82) is 0 Å². The fourth-order valence-corrected chi connectivity index (χ4v) is 0.889. The molecule has 0 nitrogen and oxygen atoms in total. The van der Waals surface area contributed by atoms with Crippen LogP contribution in [-0.4, -0.2) is 7.85 Å². The van der Waals surface area contributed by atoms with Gasteiger partial charge < -0.3 is 0 Å². The summed E-state index contributed by atoms with van der Waals surface area (Å²) in [6.07, 6.45) is 2.97. The van der Waals surface area contributed by atoms with E-state index >= 15 is 0 Å². The molecule has 0 aromatic heterocycles. The van der Waals surface area contributed by atoms with Crippen molar-refractivity contribution in [2.24, 2.45) is 0 Å².